The van der Waals surface area contributed by atoms with Crippen molar-refractivity contribution in [1.29, 1.82) is 0 Å². The Hall–Kier alpha value is -2.02. The van der Waals surface area contributed by atoms with E-state index in [-0.39, 0.29) is 30.5 Å². The van der Waals surface area contributed by atoms with E-state index < -0.39 is 0 Å². The molecule has 2 heterocycles. The van der Waals surface area contributed by atoms with Crippen molar-refractivity contribution in [3.05, 3.63) is 29.8 Å². The molecule has 0 aromatic heterocycles. The lowest BCUT2D eigenvalue weighted by Crippen LogP contribution is -2.49. The third-order valence-electron chi connectivity index (χ3n) is 4.77. The number of ether oxygens (including phenoxy) is 1. The van der Waals surface area contributed by atoms with Gasteiger partial charge in [-0.15, -0.1) is 0 Å². The number of benzene rings is 1. The average Bonchev–Trinajstić information content (AvgIpc) is 3.13. The van der Waals surface area contributed by atoms with Gasteiger partial charge in [0.05, 0.1) is 6.54 Å². The number of amidine groups is 1. The molecule has 6 nitrogen and oxygen atoms in total. The number of carbonyl (C=O) groups is 2. The zero-order chi connectivity index (χ0) is 18.5. The SMILES string of the molecule is CC1CCCC(C)N1C(=O)COc1ccc(C(=O)NC2=NCCS2)cc1. The van der Waals surface area contributed by atoms with E-state index in [0.717, 1.165) is 25.1 Å². The van der Waals surface area contributed by atoms with Crippen molar-refractivity contribution < 1.29 is 14.3 Å². The molecular formula is C19H25N3O3S. The Balaban J connectivity index is 1.52. The molecule has 1 N–H and O–H groups in total. The van der Waals surface area contributed by atoms with Gasteiger partial charge in [-0.2, -0.15) is 0 Å². The van der Waals surface area contributed by atoms with Gasteiger partial charge in [0.1, 0.15) is 5.75 Å². The second-order valence-corrected chi connectivity index (χ2v) is 7.82. The van der Waals surface area contributed by atoms with Crippen LogP contribution in [-0.4, -0.2) is 52.9 Å². The maximum Gasteiger partial charge on any atom is 0.260 e. The molecule has 1 fully saturated rings. The highest BCUT2D eigenvalue weighted by Crippen LogP contribution is 2.23. The zero-order valence-electron chi connectivity index (χ0n) is 15.2. The number of nitrogens with one attached hydrogen (secondary N) is 1. The summed E-state index contributed by atoms with van der Waals surface area (Å²) < 4.78 is 5.64. The Kier molecular flexibility index (Phi) is 6.19. The van der Waals surface area contributed by atoms with Gasteiger partial charge in [0, 0.05) is 23.4 Å². The van der Waals surface area contributed by atoms with Crippen LogP contribution in [0.2, 0.25) is 0 Å². The number of nitrogens with zero attached hydrogens (tertiary/aromatic N) is 2. The van der Waals surface area contributed by atoms with Crippen molar-refractivity contribution in [3.8, 4) is 5.75 Å². The molecular weight excluding hydrogens is 350 g/mol. The van der Waals surface area contributed by atoms with Gasteiger partial charge >= 0.3 is 0 Å². The number of amides is 2. The standard InChI is InChI=1S/C19H25N3O3S/c1-13-4-3-5-14(2)22(13)17(23)12-25-16-8-6-15(7-9-16)18(24)21-19-20-10-11-26-19/h6-9,13-14H,3-5,10-12H2,1-2H3,(H,20,21,24). The summed E-state index contributed by atoms with van der Waals surface area (Å²) in [5.41, 5.74) is 0.539. The first-order chi connectivity index (χ1) is 12.5. The number of aliphatic imine (C=N–C) groups is 1. The minimum Gasteiger partial charge on any atom is -0.484 e. The van der Waals surface area contributed by atoms with Gasteiger partial charge in [-0.1, -0.05) is 11.8 Å². The van der Waals surface area contributed by atoms with Crippen LogP contribution in [0.3, 0.4) is 0 Å². The maximum atomic E-state index is 12.5. The largest absolute Gasteiger partial charge is 0.484 e. The van der Waals surface area contributed by atoms with Gasteiger partial charge in [-0.25, -0.2) is 0 Å². The fourth-order valence-electron chi connectivity index (χ4n) is 3.42. The Morgan fingerprint density at radius 1 is 1.23 bits per heavy atom. The monoisotopic (exact) mass is 375 g/mol. The average molecular weight is 375 g/mol. The van der Waals surface area contributed by atoms with E-state index in [1.165, 1.54) is 6.42 Å². The molecule has 0 saturated carbocycles. The minimum absolute atomic E-state index is 0.0165. The number of rotatable bonds is 4. The first-order valence-electron chi connectivity index (χ1n) is 9.07. The van der Waals surface area contributed by atoms with E-state index in [1.807, 2.05) is 4.90 Å². The summed E-state index contributed by atoms with van der Waals surface area (Å²) in [5, 5.41) is 3.46. The molecule has 1 aromatic rings. The number of thioether (sulfide) groups is 1. The number of hydrogen-bond donors (Lipinski definition) is 1. The second-order valence-electron chi connectivity index (χ2n) is 6.73. The number of likely N-dealkylation sites (tertiary alicyclic amines) is 1. The molecule has 7 heteroatoms. The maximum absolute atomic E-state index is 12.5. The Morgan fingerprint density at radius 2 is 1.92 bits per heavy atom. The molecule has 0 bridgehead atoms. The first kappa shape index (κ1) is 18.8. The van der Waals surface area contributed by atoms with Crippen molar-refractivity contribution in [1.82, 2.24) is 10.2 Å². The Labute approximate surface area is 158 Å². The lowest BCUT2D eigenvalue weighted by Gasteiger charge is -2.38. The molecule has 1 aromatic carbocycles. The summed E-state index contributed by atoms with van der Waals surface area (Å²) >= 11 is 1.54. The normalized spacial score (nSPS) is 22.7. The predicted molar refractivity (Wildman–Crippen MR) is 104 cm³/mol. The van der Waals surface area contributed by atoms with Crippen molar-refractivity contribution in [2.24, 2.45) is 4.99 Å². The number of hydrogen-bond acceptors (Lipinski definition) is 5. The van der Waals surface area contributed by atoms with E-state index in [9.17, 15) is 9.59 Å². The van der Waals surface area contributed by atoms with Crippen LogP contribution in [0.4, 0.5) is 0 Å². The van der Waals surface area contributed by atoms with E-state index in [0.29, 0.717) is 16.5 Å². The van der Waals surface area contributed by atoms with Crippen molar-refractivity contribution >= 4 is 28.7 Å². The molecule has 2 aliphatic heterocycles. The van der Waals surface area contributed by atoms with Crippen LogP contribution in [0.25, 0.3) is 0 Å². The predicted octanol–water partition coefficient (Wildman–Crippen LogP) is 2.69. The molecule has 2 unspecified atom stereocenters. The fraction of sp³-hybridized carbons (Fsp3) is 0.526. The van der Waals surface area contributed by atoms with E-state index in [4.69, 9.17) is 4.74 Å². The highest BCUT2D eigenvalue weighted by molar-refractivity contribution is 8.14. The highest BCUT2D eigenvalue weighted by Gasteiger charge is 2.28. The third-order valence-corrected chi connectivity index (χ3v) is 5.66. The lowest BCUT2D eigenvalue weighted by atomic mass is 9.97. The van der Waals surface area contributed by atoms with Crippen molar-refractivity contribution in [2.45, 2.75) is 45.2 Å². The topological polar surface area (TPSA) is 71.0 Å². The van der Waals surface area contributed by atoms with Crippen LogP contribution >= 0.6 is 11.8 Å². The molecule has 2 amide bonds. The molecule has 2 atom stereocenters. The third kappa shape index (κ3) is 4.58. The number of carbonyl (C=O) groups excluding carboxylic acids is 2. The number of piperidine rings is 1. The molecule has 0 spiro atoms. The van der Waals surface area contributed by atoms with Crippen LogP contribution in [0.1, 0.15) is 43.5 Å². The summed E-state index contributed by atoms with van der Waals surface area (Å²) in [7, 11) is 0. The molecule has 2 aliphatic rings. The van der Waals surface area contributed by atoms with Crippen molar-refractivity contribution in [2.75, 3.05) is 18.9 Å². The highest BCUT2D eigenvalue weighted by atomic mass is 32.2. The van der Waals surface area contributed by atoms with Gasteiger partial charge in [0.15, 0.2) is 11.8 Å². The summed E-state index contributed by atoms with van der Waals surface area (Å²) in [6, 6.07) is 7.35. The summed E-state index contributed by atoms with van der Waals surface area (Å²) in [6.45, 7) is 4.95. The zero-order valence-corrected chi connectivity index (χ0v) is 16.1. The van der Waals surface area contributed by atoms with Gasteiger partial charge in [-0.05, 0) is 57.4 Å². The fourth-order valence-corrected chi connectivity index (χ4v) is 4.14. The smallest absolute Gasteiger partial charge is 0.260 e. The van der Waals surface area contributed by atoms with Gasteiger partial charge in [-0.3, -0.25) is 14.6 Å². The molecule has 3 rings (SSSR count). The van der Waals surface area contributed by atoms with Gasteiger partial charge < -0.3 is 15.0 Å². The Morgan fingerprint density at radius 3 is 2.54 bits per heavy atom. The summed E-state index contributed by atoms with van der Waals surface area (Å²) in [5.74, 6) is 1.32. The van der Waals surface area contributed by atoms with Crippen LogP contribution < -0.4 is 10.1 Å². The summed E-state index contributed by atoms with van der Waals surface area (Å²) in [6.07, 6.45) is 3.26. The van der Waals surface area contributed by atoms with E-state index >= 15 is 0 Å². The van der Waals surface area contributed by atoms with Gasteiger partial charge in [0.2, 0.25) is 0 Å². The summed E-state index contributed by atoms with van der Waals surface area (Å²) in [4.78, 5) is 30.8. The van der Waals surface area contributed by atoms with E-state index in [2.05, 4.69) is 24.2 Å². The van der Waals surface area contributed by atoms with Crippen LogP contribution in [-0.2, 0) is 4.79 Å². The van der Waals surface area contributed by atoms with Gasteiger partial charge in [0.25, 0.3) is 11.8 Å². The van der Waals surface area contributed by atoms with Crippen LogP contribution in [0.15, 0.2) is 29.3 Å². The minimum atomic E-state index is -0.184. The second kappa shape index (κ2) is 8.58. The van der Waals surface area contributed by atoms with E-state index in [1.54, 1.807) is 36.0 Å². The Bertz CT molecular complexity index is 680. The molecule has 1 saturated heterocycles. The van der Waals surface area contributed by atoms with Crippen molar-refractivity contribution in [3.63, 3.8) is 0 Å². The van der Waals surface area contributed by atoms with Crippen LogP contribution in [0.5, 0.6) is 5.75 Å². The quantitative estimate of drug-likeness (QED) is 0.878. The molecule has 140 valence electrons. The van der Waals surface area contributed by atoms with Crippen LogP contribution in [0, 0.1) is 0 Å². The molecule has 26 heavy (non-hydrogen) atoms. The molecule has 0 radical (unpaired) electrons. The lowest BCUT2D eigenvalue weighted by molar-refractivity contribution is -0.139. The molecule has 0 aliphatic carbocycles. The first-order valence-corrected chi connectivity index (χ1v) is 10.1.